The largest absolute Gasteiger partial charge is 0.477 e. The monoisotopic (exact) mass is 547 g/mol. The Kier molecular flexibility index (Phi) is 7.97. The quantitative estimate of drug-likeness (QED) is 0.157. The molecule has 0 radical (unpaired) electrons. The summed E-state index contributed by atoms with van der Waals surface area (Å²) in [7, 11) is 1.68. The van der Waals surface area contributed by atoms with E-state index in [4.69, 9.17) is 10.6 Å². The molecule has 14 nitrogen and oxygen atoms in total. The number of carbonyl (C=O) groups is 3. The second kappa shape index (κ2) is 11.2. The lowest BCUT2D eigenvalue weighted by Gasteiger charge is -2.49. The van der Waals surface area contributed by atoms with Crippen LogP contribution in [0.1, 0.15) is 19.5 Å². The first-order valence-electron chi connectivity index (χ1n) is 11.2. The second-order valence-corrected chi connectivity index (χ2v) is 10.6. The van der Waals surface area contributed by atoms with E-state index in [1.54, 1.807) is 25.2 Å². The molecule has 2 aliphatic rings. The fraction of sp³-hybridized carbons (Fsp3) is 0.429. The molecule has 2 aromatic rings. The number of aliphatic carboxylic acids is 1. The van der Waals surface area contributed by atoms with Crippen molar-refractivity contribution >= 4 is 52.8 Å². The van der Waals surface area contributed by atoms with Crippen LogP contribution in [0.4, 0.5) is 5.82 Å². The minimum atomic E-state index is -1.22. The average Bonchev–Trinajstić information content (AvgIpc) is 3.27. The number of tetrazole rings is 1. The number of fused-ring (bicyclic) bond motifs is 1. The summed E-state index contributed by atoms with van der Waals surface area (Å²) in [4.78, 5) is 49.0. The van der Waals surface area contributed by atoms with E-state index in [-0.39, 0.29) is 35.4 Å². The molecule has 4 rings (SSSR count). The minimum Gasteiger partial charge on any atom is -0.477 e. The number of β-lactam (4-membered cyclic amide) rings is 1. The van der Waals surface area contributed by atoms with Crippen molar-refractivity contribution in [2.24, 2.45) is 18.1 Å². The van der Waals surface area contributed by atoms with Gasteiger partial charge in [0, 0.05) is 18.6 Å². The molecule has 0 aromatic carbocycles. The van der Waals surface area contributed by atoms with Crippen LogP contribution in [0, 0.1) is 5.92 Å². The first kappa shape index (κ1) is 26.4. The number of carboxylic acids is 1. The van der Waals surface area contributed by atoms with E-state index in [1.807, 2.05) is 13.8 Å². The summed E-state index contributed by atoms with van der Waals surface area (Å²) in [6.07, 6.45) is 0. The maximum atomic E-state index is 13.2. The summed E-state index contributed by atoms with van der Waals surface area (Å²) in [5.41, 5.74) is 6.29. The van der Waals surface area contributed by atoms with Gasteiger partial charge in [-0.1, -0.05) is 36.8 Å². The molecule has 2 aliphatic heterocycles. The standard InChI is InChI=1S/C21H25N9O5S2/c1-10(2)7-35-26-14(12-5-4-6-13(22)23-12)17(31)24-15-18(32)30-16(20(33)34)11(8-36-19(15)30)9-37-21-25-27-28-29(21)3/h4-6,10,15,19H,7-9H2,1-3H3,(H2,22,23)(H,24,31)(H,33,34)/t15?,19-/m0/s1. The fourth-order valence-electron chi connectivity index (χ4n) is 3.54. The van der Waals surface area contributed by atoms with E-state index in [1.165, 1.54) is 33.1 Å². The third kappa shape index (κ3) is 5.69. The van der Waals surface area contributed by atoms with E-state index in [0.29, 0.717) is 22.2 Å². The van der Waals surface area contributed by atoms with Crippen molar-refractivity contribution in [2.45, 2.75) is 30.4 Å². The summed E-state index contributed by atoms with van der Waals surface area (Å²) in [5, 5.41) is 27.6. The van der Waals surface area contributed by atoms with Crippen molar-refractivity contribution < 1.29 is 24.3 Å². The van der Waals surface area contributed by atoms with E-state index in [2.05, 4.69) is 31.0 Å². The van der Waals surface area contributed by atoms with Crippen molar-refractivity contribution in [3.63, 3.8) is 0 Å². The number of nitrogen functional groups attached to an aromatic ring is 1. The van der Waals surface area contributed by atoms with Gasteiger partial charge >= 0.3 is 5.97 Å². The predicted molar refractivity (Wildman–Crippen MR) is 135 cm³/mol. The molecule has 0 aliphatic carbocycles. The van der Waals surface area contributed by atoms with Gasteiger partial charge in [-0.05, 0) is 34.1 Å². The van der Waals surface area contributed by atoms with Gasteiger partial charge in [-0.2, -0.15) is 0 Å². The highest BCUT2D eigenvalue weighted by Gasteiger charge is 2.54. The highest BCUT2D eigenvalue weighted by molar-refractivity contribution is 8.01. The first-order valence-corrected chi connectivity index (χ1v) is 13.2. The van der Waals surface area contributed by atoms with E-state index in [0.717, 1.165) is 0 Å². The number of oxime groups is 1. The zero-order chi connectivity index (χ0) is 26.7. The number of anilines is 1. The molecule has 4 heterocycles. The molecule has 2 aromatic heterocycles. The predicted octanol–water partition coefficient (Wildman–Crippen LogP) is 0.0949. The molecule has 1 fully saturated rings. The molecule has 196 valence electrons. The van der Waals surface area contributed by atoms with Gasteiger partial charge in [0.1, 0.15) is 35.2 Å². The van der Waals surface area contributed by atoms with Crippen LogP contribution in [0.3, 0.4) is 0 Å². The van der Waals surface area contributed by atoms with Crippen molar-refractivity contribution in [1.29, 1.82) is 0 Å². The number of aryl methyl sites for hydroxylation is 1. The molecular formula is C21H25N9O5S2. The van der Waals surface area contributed by atoms with Crippen LogP contribution in [-0.4, -0.2) is 88.2 Å². The van der Waals surface area contributed by atoms with Gasteiger partial charge in [-0.15, -0.1) is 16.9 Å². The molecule has 16 heteroatoms. The average molecular weight is 548 g/mol. The zero-order valence-corrected chi connectivity index (χ0v) is 21.8. The van der Waals surface area contributed by atoms with E-state index >= 15 is 0 Å². The number of nitrogens with two attached hydrogens (primary N) is 1. The van der Waals surface area contributed by atoms with Gasteiger partial charge in [0.2, 0.25) is 5.16 Å². The number of hydrogen-bond acceptors (Lipinski definition) is 12. The number of rotatable bonds is 10. The minimum absolute atomic E-state index is 0.0893. The van der Waals surface area contributed by atoms with Crippen LogP contribution in [0.25, 0.3) is 0 Å². The Bertz CT molecular complexity index is 1280. The zero-order valence-electron chi connectivity index (χ0n) is 20.2. The number of amides is 2. The number of hydrogen-bond donors (Lipinski definition) is 3. The highest BCUT2D eigenvalue weighted by atomic mass is 32.2. The molecule has 0 saturated carbocycles. The molecule has 2 amide bonds. The summed E-state index contributed by atoms with van der Waals surface area (Å²) < 4.78 is 1.48. The molecule has 37 heavy (non-hydrogen) atoms. The van der Waals surface area contributed by atoms with Gasteiger partial charge in [-0.25, -0.2) is 14.5 Å². The number of nitrogens with zero attached hydrogens (tertiary/aromatic N) is 7. The molecule has 0 bridgehead atoms. The molecular weight excluding hydrogens is 522 g/mol. The summed E-state index contributed by atoms with van der Waals surface area (Å²) >= 11 is 2.63. The molecule has 1 saturated heterocycles. The van der Waals surface area contributed by atoms with E-state index in [9.17, 15) is 19.5 Å². The van der Waals surface area contributed by atoms with Crippen LogP contribution in [0.2, 0.25) is 0 Å². The van der Waals surface area contributed by atoms with Gasteiger partial charge in [-0.3, -0.25) is 14.5 Å². The fourth-order valence-corrected chi connectivity index (χ4v) is 5.87. The first-order chi connectivity index (χ1) is 17.7. The van der Waals surface area contributed by atoms with Gasteiger partial charge < -0.3 is 21.0 Å². The van der Waals surface area contributed by atoms with Crippen LogP contribution in [0.15, 0.2) is 39.8 Å². The number of carboxylic acid groups (broad SMARTS) is 1. The third-order valence-electron chi connectivity index (χ3n) is 5.29. The Balaban J connectivity index is 1.50. The normalized spacial score (nSPS) is 19.5. The number of pyridine rings is 1. The number of aromatic nitrogens is 5. The maximum Gasteiger partial charge on any atom is 0.352 e. The van der Waals surface area contributed by atoms with Crippen molar-refractivity contribution in [3.05, 3.63) is 35.2 Å². The number of thioether (sulfide) groups is 2. The third-order valence-corrected chi connectivity index (χ3v) is 7.72. The highest BCUT2D eigenvalue weighted by Crippen LogP contribution is 2.41. The Morgan fingerprint density at radius 2 is 2.19 bits per heavy atom. The Hall–Kier alpha value is -3.66. The van der Waals surface area contributed by atoms with Gasteiger partial charge in [0.05, 0.1) is 0 Å². The smallest absolute Gasteiger partial charge is 0.352 e. The Labute approximate surface area is 220 Å². The SMILES string of the molecule is CC(C)CON=C(C(=O)NC1C(=O)N2C(C(=O)O)=C(CSc3nnnn3C)CS[C@@H]12)c1cccc(N)n1. The number of carbonyl (C=O) groups excluding carboxylic acids is 2. The van der Waals surface area contributed by atoms with Gasteiger partial charge in [0.25, 0.3) is 11.8 Å². The topological polar surface area (TPSA) is 191 Å². The lowest BCUT2D eigenvalue weighted by Crippen LogP contribution is -2.71. The lowest BCUT2D eigenvalue weighted by atomic mass is 10.0. The van der Waals surface area contributed by atoms with Crippen molar-refractivity contribution in [3.8, 4) is 0 Å². The van der Waals surface area contributed by atoms with Crippen LogP contribution >= 0.6 is 23.5 Å². The van der Waals surface area contributed by atoms with E-state index < -0.39 is 29.2 Å². The molecule has 1 unspecified atom stereocenters. The van der Waals surface area contributed by atoms with Gasteiger partial charge in [0.15, 0.2) is 5.71 Å². The maximum absolute atomic E-state index is 13.2. The summed E-state index contributed by atoms with van der Waals surface area (Å²) in [6, 6.07) is 3.80. The summed E-state index contributed by atoms with van der Waals surface area (Å²) in [6.45, 7) is 4.13. The Morgan fingerprint density at radius 1 is 1.41 bits per heavy atom. The van der Waals surface area contributed by atoms with Crippen LogP contribution in [-0.2, 0) is 26.3 Å². The van der Waals surface area contributed by atoms with Crippen LogP contribution in [0.5, 0.6) is 0 Å². The second-order valence-electron chi connectivity index (χ2n) is 8.57. The van der Waals surface area contributed by atoms with Crippen molar-refractivity contribution in [2.75, 3.05) is 23.8 Å². The molecule has 0 spiro atoms. The van der Waals surface area contributed by atoms with Crippen molar-refractivity contribution in [1.82, 2.24) is 35.4 Å². The summed E-state index contributed by atoms with van der Waals surface area (Å²) in [5.74, 6) is -1.43. The lowest BCUT2D eigenvalue weighted by molar-refractivity contribution is -0.150. The Morgan fingerprint density at radius 3 is 2.84 bits per heavy atom. The number of nitrogens with one attached hydrogen (secondary N) is 1. The molecule has 4 N–H and O–H groups in total. The van der Waals surface area contributed by atoms with Crippen LogP contribution < -0.4 is 11.1 Å². The molecule has 2 atom stereocenters.